The van der Waals surface area contributed by atoms with Gasteiger partial charge in [0.05, 0.1) is 29.2 Å². The molecule has 2 unspecified atom stereocenters. The molecule has 2 amide bonds. The number of aromatic nitrogens is 2. The minimum absolute atomic E-state index is 0.00370. The van der Waals surface area contributed by atoms with Crippen molar-refractivity contribution >= 4 is 11.8 Å². The van der Waals surface area contributed by atoms with Crippen LogP contribution in [0.1, 0.15) is 24.7 Å². The summed E-state index contributed by atoms with van der Waals surface area (Å²) >= 11 is 0. The first kappa shape index (κ1) is 14.1. The Bertz CT molecular complexity index is 569. The van der Waals surface area contributed by atoms with Crippen LogP contribution in [0.4, 0.5) is 0 Å². The van der Waals surface area contributed by atoms with E-state index in [0.717, 1.165) is 11.4 Å². The number of nitrogens with one attached hydrogen (secondary N) is 3. The maximum atomic E-state index is 12.6. The van der Waals surface area contributed by atoms with Crippen LogP contribution in [0.25, 0.3) is 0 Å². The van der Waals surface area contributed by atoms with Crippen LogP contribution >= 0.6 is 0 Å². The van der Waals surface area contributed by atoms with E-state index < -0.39 is 5.41 Å². The normalized spacial score (nSPS) is 28.3. The Morgan fingerprint density at radius 2 is 2.33 bits per heavy atom. The SMILES string of the molecule is CNC(=O)C1(C)CCN(C(=O)C2Cc3nc[nH]c3CN2)C1. The van der Waals surface area contributed by atoms with Crippen molar-refractivity contribution in [3.8, 4) is 0 Å². The Kier molecular flexibility index (Phi) is 3.44. The molecule has 0 radical (unpaired) electrons. The van der Waals surface area contributed by atoms with Gasteiger partial charge in [0.2, 0.25) is 11.8 Å². The fraction of sp³-hybridized carbons (Fsp3) is 0.643. The average Bonchev–Trinajstić information content (AvgIpc) is 3.12. The van der Waals surface area contributed by atoms with Gasteiger partial charge in [0.15, 0.2) is 0 Å². The summed E-state index contributed by atoms with van der Waals surface area (Å²) in [6, 6.07) is -0.243. The Hall–Kier alpha value is -1.89. The van der Waals surface area contributed by atoms with E-state index in [1.807, 2.05) is 6.92 Å². The van der Waals surface area contributed by atoms with Crippen molar-refractivity contribution < 1.29 is 9.59 Å². The summed E-state index contributed by atoms with van der Waals surface area (Å²) in [6.07, 6.45) is 2.97. The maximum absolute atomic E-state index is 12.6. The number of nitrogens with zero attached hydrogens (tertiary/aromatic N) is 2. The molecule has 0 bridgehead atoms. The van der Waals surface area contributed by atoms with Crippen molar-refractivity contribution in [1.29, 1.82) is 0 Å². The Morgan fingerprint density at radius 3 is 3.10 bits per heavy atom. The molecule has 1 fully saturated rings. The van der Waals surface area contributed by atoms with E-state index >= 15 is 0 Å². The van der Waals surface area contributed by atoms with Crippen LogP contribution in [0.5, 0.6) is 0 Å². The van der Waals surface area contributed by atoms with Gasteiger partial charge in [-0.2, -0.15) is 0 Å². The predicted molar refractivity (Wildman–Crippen MR) is 76.3 cm³/mol. The van der Waals surface area contributed by atoms with E-state index in [-0.39, 0.29) is 17.9 Å². The van der Waals surface area contributed by atoms with Gasteiger partial charge in [-0.1, -0.05) is 0 Å². The van der Waals surface area contributed by atoms with Crippen molar-refractivity contribution in [1.82, 2.24) is 25.5 Å². The minimum atomic E-state index is -0.476. The van der Waals surface area contributed by atoms with Crippen molar-refractivity contribution in [2.24, 2.45) is 5.41 Å². The molecular weight excluding hydrogens is 270 g/mol. The summed E-state index contributed by atoms with van der Waals surface area (Å²) in [4.78, 5) is 33.7. The quantitative estimate of drug-likeness (QED) is 0.679. The summed E-state index contributed by atoms with van der Waals surface area (Å²) in [7, 11) is 1.64. The Morgan fingerprint density at radius 1 is 1.52 bits per heavy atom. The number of hydrogen-bond donors (Lipinski definition) is 3. The van der Waals surface area contributed by atoms with Gasteiger partial charge < -0.3 is 15.2 Å². The van der Waals surface area contributed by atoms with Crippen LogP contribution < -0.4 is 10.6 Å². The van der Waals surface area contributed by atoms with Crippen LogP contribution in [0.3, 0.4) is 0 Å². The number of hydrogen-bond acceptors (Lipinski definition) is 4. The topological polar surface area (TPSA) is 90.1 Å². The molecule has 0 aliphatic carbocycles. The Balaban J connectivity index is 1.66. The molecule has 0 saturated carbocycles. The fourth-order valence-corrected chi connectivity index (χ4v) is 3.20. The predicted octanol–water partition coefficient (Wildman–Crippen LogP) is -0.591. The van der Waals surface area contributed by atoms with Crippen LogP contribution in [-0.2, 0) is 22.6 Å². The molecule has 3 N–H and O–H groups in total. The van der Waals surface area contributed by atoms with Crippen molar-refractivity contribution in [2.75, 3.05) is 20.1 Å². The summed E-state index contributed by atoms with van der Waals surface area (Å²) in [6.45, 7) is 3.66. The molecule has 7 heteroatoms. The van der Waals surface area contributed by atoms with Gasteiger partial charge in [-0.15, -0.1) is 0 Å². The lowest BCUT2D eigenvalue weighted by atomic mass is 9.89. The number of amides is 2. The second-order valence-electron chi connectivity index (χ2n) is 6.11. The monoisotopic (exact) mass is 291 g/mol. The van der Waals surface area contributed by atoms with E-state index in [1.54, 1.807) is 18.3 Å². The lowest BCUT2D eigenvalue weighted by Gasteiger charge is -2.28. The van der Waals surface area contributed by atoms with Crippen LogP contribution in [-0.4, -0.2) is 52.9 Å². The van der Waals surface area contributed by atoms with E-state index in [2.05, 4.69) is 20.6 Å². The average molecular weight is 291 g/mol. The van der Waals surface area contributed by atoms with Crippen LogP contribution in [0.2, 0.25) is 0 Å². The molecule has 114 valence electrons. The standard InChI is InChI=1S/C14H21N5O2/c1-14(13(21)15-2)3-4-19(7-14)12(20)10-5-9-11(6-16-10)18-8-17-9/h8,10,16H,3-7H2,1-2H3,(H,15,21)(H,17,18). The summed E-state index contributed by atoms with van der Waals surface area (Å²) in [5, 5.41) is 5.93. The van der Waals surface area contributed by atoms with Crippen molar-refractivity contribution in [3.05, 3.63) is 17.7 Å². The zero-order chi connectivity index (χ0) is 15.0. The molecule has 2 aliphatic rings. The Labute approximate surface area is 123 Å². The number of likely N-dealkylation sites (tertiary alicyclic amines) is 1. The molecule has 1 aromatic heterocycles. The van der Waals surface area contributed by atoms with E-state index in [4.69, 9.17) is 0 Å². The second-order valence-corrected chi connectivity index (χ2v) is 6.11. The van der Waals surface area contributed by atoms with Gasteiger partial charge in [0, 0.05) is 33.1 Å². The summed E-state index contributed by atoms with van der Waals surface area (Å²) in [5.41, 5.74) is 1.53. The lowest BCUT2D eigenvalue weighted by Crippen LogP contribution is -2.50. The number of rotatable bonds is 2. The largest absolute Gasteiger partial charge is 0.359 e. The molecule has 1 aromatic rings. The highest BCUT2D eigenvalue weighted by Crippen LogP contribution is 2.30. The van der Waals surface area contributed by atoms with Crippen LogP contribution in [0, 0.1) is 5.41 Å². The number of imidazole rings is 1. The first-order chi connectivity index (χ1) is 10.0. The van der Waals surface area contributed by atoms with Gasteiger partial charge >= 0.3 is 0 Å². The summed E-state index contributed by atoms with van der Waals surface area (Å²) in [5.74, 6) is 0.0697. The molecule has 2 aliphatic heterocycles. The third-order valence-corrected chi connectivity index (χ3v) is 4.59. The molecule has 2 atom stereocenters. The van der Waals surface area contributed by atoms with E-state index in [1.165, 1.54) is 0 Å². The fourth-order valence-electron chi connectivity index (χ4n) is 3.20. The number of H-pyrrole nitrogens is 1. The molecule has 0 spiro atoms. The number of carbonyl (C=O) groups excluding carboxylic acids is 2. The number of aromatic amines is 1. The van der Waals surface area contributed by atoms with Crippen molar-refractivity contribution in [3.63, 3.8) is 0 Å². The zero-order valence-corrected chi connectivity index (χ0v) is 12.4. The first-order valence-electron chi connectivity index (χ1n) is 7.29. The smallest absolute Gasteiger partial charge is 0.240 e. The lowest BCUT2D eigenvalue weighted by molar-refractivity contribution is -0.134. The first-order valence-corrected chi connectivity index (χ1v) is 7.29. The van der Waals surface area contributed by atoms with Gasteiger partial charge in [0.25, 0.3) is 0 Å². The van der Waals surface area contributed by atoms with E-state index in [9.17, 15) is 9.59 Å². The zero-order valence-electron chi connectivity index (χ0n) is 12.4. The van der Waals surface area contributed by atoms with Crippen LogP contribution in [0.15, 0.2) is 6.33 Å². The van der Waals surface area contributed by atoms with Gasteiger partial charge in [-0.25, -0.2) is 4.98 Å². The van der Waals surface area contributed by atoms with Gasteiger partial charge in [-0.3, -0.25) is 14.9 Å². The molecule has 1 saturated heterocycles. The highest BCUT2D eigenvalue weighted by atomic mass is 16.2. The van der Waals surface area contributed by atoms with Gasteiger partial charge in [0.1, 0.15) is 0 Å². The third kappa shape index (κ3) is 2.42. The molecule has 3 rings (SSSR count). The number of fused-ring (bicyclic) bond motifs is 1. The second kappa shape index (κ2) is 5.14. The summed E-state index contributed by atoms with van der Waals surface area (Å²) < 4.78 is 0. The third-order valence-electron chi connectivity index (χ3n) is 4.59. The van der Waals surface area contributed by atoms with Gasteiger partial charge in [-0.05, 0) is 13.3 Å². The maximum Gasteiger partial charge on any atom is 0.240 e. The minimum Gasteiger partial charge on any atom is -0.359 e. The molecule has 0 aromatic carbocycles. The molecule has 21 heavy (non-hydrogen) atoms. The number of carbonyl (C=O) groups is 2. The highest BCUT2D eigenvalue weighted by molar-refractivity contribution is 5.86. The van der Waals surface area contributed by atoms with Crippen molar-refractivity contribution in [2.45, 2.75) is 32.4 Å². The molecular formula is C14H21N5O2. The molecule has 3 heterocycles. The van der Waals surface area contributed by atoms with E-state index in [0.29, 0.717) is 32.5 Å². The molecule has 7 nitrogen and oxygen atoms in total. The highest BCUT2D eigenvalue weighted by Gasteiger charge is 2.43.